The van der Waals surface area contributed by atoms with Crippen molar-refractivity contribution in [3.63, 3.8) is 0 Å². The lowest BCUT2D eigenvalue weighted by molar-refractivity contribution is -0.200. The summed E-state index contributed by atoms with van der Waals surface area (Å²) in [6.07, 6.45) is 4.01. The average Bonchev–Trinajstić information content (AvgIpc) is 2.60. The Morgan fingerprint density at radius 1 is 1.20 bits per heavy atom. The number of nitrogens with zero attached hydrogens (tertiary/aromatic N) is 3. The van der Waals surface area contributed by atoms with Crippen LogP contribution in [0.4, 0.5) is 0 Å². The van der Waals surface area contributed by atoms with Crippen LogP contribution >= 0.6 is 0 Å². The third-order valence-corrected chi connectivity index (χ3v) is 5.00. The summed E-state index contributed by atoms with van der Waals surface area (Å²) in [6, 6.07) is 12.1. The highest BCUT2D eigenvalue weighted by molar-refractivity contribution is 5.11. The molecule has 5 nitrogen and oxygen atoms in total. The van der Waals surface area contributed by atoms with Gasteiger partial charge in [-0.1, -0.05) is 12.1 Å². The zero-order valence-corrected chi connectivity index (χ0v) is 14.7. The van der Waals surface area contributed by atoms with Crippen LogP contribution < -0.4 is 0 Å². The van der Waals surface area contributed by atoms with Crippen LogP contribution in [0.3, 0.4) is 0 Å². The van der Waals surface area contributed by atoms with E-state index in [1.54, 1.807) is 0 Å². The van der Waals surface area contributed by atoms with Gasteiger partial charge in [-0.05, 0) is 37.6 Å². The zero-order valence-electron chi connectivity index (χ0n) is 14.7. The molecule has 2 saturated heterocycles. The van der Waals surface area contributed by atoms with Crippen molar-refractivity contribution in [3.8, 4) is 0 Å². The van der Waals surface area contributed by atoms with Crippen molar-refractivity contribution in [2.75, 3.05) is 19.7 Å². The van der Waals surface area contributed by atoms with Crippen LogP contribution in [0, 0.1) is 6.92 Å². The lowest BCUT2D eigenvalue weighted by atomic mass is 9.84. The highest BCUT2D eigenvalue weighted by atomic mass is 16.5. The lowest BCUT2D eigenvalue weighted by Gasteiger charge is -2.53. The van der Waals surface area contributed by atoms with Crippen molar-refractivity contribution in [1.82, 2.24) is 14.9 Å². The molecule has 25 heavy (non-hydrogen) atoms. The fourth-order valence-electron chi connectivity index (χ4n) is 3.83. The Morgan fingerprint density at radius 2 is 2.08 bits per heavy atom. The largest absolute Gasteiger partial charge is 0.372 e. The number of pyridine rings is 2. The molecule has 132 valence electrons. The Labute approximate surface area is 149 Å². The van der Waals surface area contributed by atoms with E-state index in [2.05, 4.69) is 27.0 Å². The molecule has 5 heteroatoms. The van der Waals surface area contributed by atoms with Gasteiger partial charge in [-0.3, -0.25) is 14.9 Å². The van der Waals surface area contributed by atoms with Crippen LogP contribution in [0.5, 0.6) is 0 Å². The molecule has 2 aliphatic rings. The summed E-state index contributed by atoms with van der Waals surface area (Å²) >= 11 is 0. The normalized spacial score (nSPS) is 22.7. The maximum atomic E-state index is 6.12. The van der Waals surface area contributed by atoms with Crippen LogP contribution in [0.25, 0.3) is 0 Å². The smallest absolute Gasteiger partial charge is 0.0959 e. The second-order valence-corrected chi connectivity index (χ2v) is 7.19. The van der Waals surface area contributed by atoms with E-state index in [1.807, 2.05) is 37.4 Å². The molecule has 2 fully saturated rings. The van der Waals surface area contributed by atoms with Crippen LogP contribution in [0.15, 0.2) is 42.6 Å². The summed E-state index contributed by atoms with van der Waals surface area (Å²) in [6.45, 7) is 6.22. The monoisotopic (exact) mass is 339 g/mol. The fourth-order valence-corrected chi connectivity index (χ4v) is 3.83. The number of hydrogen-bond acceptors (Lipinski definition) is 5. The van der Waals surface area contributed by atoms with E-state index in [9.17, 15) is 0 Å². The minimum absolute atomic E-state index is 0.0309. The molecule has 2 aromatic rings. The number of likely N-dealkylation sites (tertiary alicyclic amines) is 1. The van der Waals surface area contributed by atoms with Crippen LogP contribution in [0.2, 0.25) is 0 Å². The van der Waals surface area contributed by atoms with Crippen molar-refractivity contribution < 1.29 is 9.47 Å². The molecule has 0 radical (unpaired) electrons. The first-order valence-electron chi connectivity index (χ1n) is 9.01. The Morgan fingerprint density at radius 3 is 2.88 bits per heavy atom. The topological polar surface area (TPSA) is 47.5 Å². The molecule has 1 spiro atoms. The van der Waals surface area contributed by atoms with Gasteiger partial charge in [-0.25, -0.2) is 0 Å². The number of aromatic nitrogens is 2. The molecule has 0 bridgehead atoms. The summed E-state index contributed by atoms with van der Waals surface area (Å²) < 4.78 is 12.2. The number of ether oxygens (including phenoxy) is 2. The van der Waals surface area contributed by atoms with Gasteiger partial charge in [-0.2, -0.15) is 0 Å². The minimum Gasteiger partial charge on any atom is -0.372 e. The van der Waals surface area contributed by atoms with Crippen molar-refractivity contribution >= 4 is 0 Å². The van der Waals surface area contributed by atoms with Gasteiger partial charge in [0, 0.05) is 44.6 Å². The lowest BCUT2D eigenvalue weighted by Crippen LogP contribution is -2.65. The SMILES string of the molecule is Cc1cccc(CN2CC3(CC(OCc4ccccn4)CCO3)C2)n1. The Balaban J connectivity index is 1.27. The predicted octanol–water partition coefficient (Wildman–Crippen LogP) is 2.74. The molecule has 0 amide bonds. The van der Waals surface area contributed by atoms with E-state index in [0.717, 1.165) is 56.2 Å². The van der Waals surface area contributed by atoms with E-state index in [0.29, 0.717) is 6.61 Å². The zero-order chi connectivity index (χ0) is 17.1. The predicted molar refractivity (Wildman–Crippen MR) is 95.0 cm³/mol. The average molecular weight is 339 g/mol. The highest BCUT2D eigenvalue weighted by Crippen LogP contribution is 2.36. The number of aryl methyl sites for hydroxylation is 1. The van der Waals surface area contributed by atoms with E-state index in [4.69, 9.17) is 9.47 Å². The van der Waals surface area contributed by atoms with Crippen molar-refractivity contribution in [3.05, 3.63) is 59.7 Å². The molecule has 0 N–H and O–H groups in total. The highest BCUT2D eigenvalue weighted by Gasteiger charge is 2.47. The Kier molecular flexibility index (Phi) is 4.79. The van der Waals surface area contributed by atoms with Gasteiger partial charge in [0.15, 0.2) is 0 Å². The molecule has 0 saturated carbocycles. The maximum absolute atomic E-state index is 6.12. The quantitative estimate of drug-likeness (QED) is 0.838. The van der Waals surface area contributed by atoms with Crippen LogP contribution in [-0.4, -0.2) is 46.3 Å². The van der Waals surface area contributed by atoms with E-state index in [1.165, 1.54) is 0 Å². The molecule has 0 aromatic carbocycles. The molecule has 1 atom stereocenters. The molecular formula is C20H25N3O2. The minimum atomic E-state index is -0.0309. The van der Waals surface area contributed by atoms with Crippen molar-refractivity contribution in [2.45, 2.75) is 44.6 Å². The molecule has 0 aliphatic carbocycles. The summed E-state index contributed by atoms with van der Waals surface area (Å²) in [5.74, 6) is 0. The fraction of sp³-hybridized carbons (Fsp3) is 0.500. The van der Waals surface area contributed by atoms with Crippen LogP contribution in [-0.2, 0) is 22.6 Å². The molecule has 4 heterocycles. The Bertz CT molecular complexity index is 701. The standard InChI is InChI=1S/C20H25N3O2/c1-16-5-4-7-17(22-16)12-23-14-20(15-23)11-19(8-10-25-20)24-13-18-6-2-3-9-21-18/h2-7,9,19H,8,10-15H2,1H3. The van der Waals surface area contributed by atoms with Gasteiger partial charge >= 0.3 is 0 Å². The van der Waals surface area contributed by atoms with Crippen molar-refractivity contribution in [2.24, 2.45) is 0 Å². The third-order valence-electron chi connectivity index (χ3n) is 5.00. The first-order chi connectivity index (χ1) is 12.2. The van der Waals surface area contributed by atoms with Crippen molar-refractivity contribution in [1.29, 1.82) is 0 Å². The first-order valence-corrected chi connectivity index (χ1v) is 9.01. The summed E-state index contributed by atoms with van der Waals surface area (Å²) in [7, 11) is 0. The number of hydrogen-bond donors (Lipinski definition) is 0. The summed E-state index contributed by atoms with van der Waals surface area (Å²) in [5, 5.41) is 0. The molecular weight excluding hydrogens is 314 g/mol. The molecule has 2 aromatic heterocycles. The maximum Gasteiger partial charge on any atom is 0.0959 e. The molecule has 4 rings (SSSR count). The summed E-state index contributed by atoms with van der Waals surface area (Å²) in [5.41, 5.74) is 3.17. The molecule has 1 unspecified atom stereocenters. The molecule has 2 aliphatic heterocycles. The van der Waals surface area contributed by atoms with Gasteiger partial charge in [0.25, 0.3) is 0 Å². The van der Waals surface area contributed by atoms with Gasteiger partial charge in [-0.15, -0.1) is 0 Å². The van der Waals surface area contributed by atoms with Gasteiger partial charge in [0.2, 0.25) is 0 Å². The van der Waals surface area contributed by atoms with E-state index in [-0.39, 0.29) is 11.7 Å². The summed E-state index contributed by atoms with van der Waals surface area (Å²) in [4.78, 5) is 11.3. The first kappa shape index (κ1) is 16.6. The van der Waals surface area contributed by atoms with Gasteiger partial charge in [0.05, 0.1) is 29.7 Å². The van der Waals surface area contributed by atoms with E-state index < -0.39 is 0 Å². The van der Waals surface area contributed by atoms with Gasteiger partial charge in [0.1, 0.15) is 0 Å². The van der Waals surface area contributed by atoms with Gasteiger partial charge < -0.3 is 9.47 Å². The Hall–Kier alpha value is -1.82. The van der Waals surface area contributed by atoms with Crippen LogP contribution in [0.1, 0.15) is 29.9 Å². The second-order valence-electron chi connectivity index (χ2n) is 7.19. The third kappa shape index (κ3) is 4.06. The number of rotatable bonds is 5. The van der Waals surface area contributed by atoms with E-state index >= 15 is 0 Å². The second kappa shape index (κ2) is 7.20.